The fraction of sp³-hybridized carbons (Fsp3) is 0.605. The molecule has 13 nitrogen and oxygen atoms in total. The third-order valence-corrected chi connectivity index (χ3v) is 8.53. The Balaban J connectivity index is 2.27. The van der Waals surface area contributed by atoms with Crippen LogP contribution in [-0.4, -0.2) is 93.6 Å². The highest BCUT2D eigenvalue weighted by atomic mass is 19.3. The van der Waals surface area contributed by atoms with E-state index in [1.165, 1.54) is 23.9 Å². The van der Waals surface area contributed by atoms with Gasteiger partial charge in [-0.3, -0.25) is 24.4 Å². The molecule has 4 N–H and O–H groups in total. The highest BCUT2D eigenvalue weighted by Gasteiger charge is 2.51. The van der Waals surface area contributed by atoms with Crippen molar-refractivity contribution >= 4 is 29.7 Å². The second-order valence-electron chi connectivity index (χ2n) is 15.1. The molecule has 4 atom stereocenters. The number of urea groups is 2. The van der Waals surface area contributed by atoms with Crippen molar-refractivity contribution in [2.45, 2.75) is 111 Å². The Hall–Kier alpha value is -4.69. The quantitative estimate of drug-likeness (QED) is 0.161. The molecule has 0 radical (unpaired) electrons. The van der Waals surface area contributed by atoms with Crippen LogP contribution in [0.5, 0.6) is 0 Å². The molecule has 2 heterocycles. The Kier molecular flexibility index (Phi) is 17.2. The van der Waals surface area contributed by atoms with Gasteiger partial charge in [-0.1, -0.05) is 67.5 Å². The lowest BCUT2D eigenvalue weighted by molar-refractivity contribution is -0.154. The summed E-state index contributed by atoms with van der Waals surface area (Å²) in [6.45, 7) is 13.8. The Morgan fingerprint density at radius 1 is 0.642 bits per heavy atom. The average Bonchev–Trinajstić information content (AvgIpc) is 3.08. The van der Waals surface area contributed by atoms with Crippen LogP contribution < -0.4 is 21.3 Å². The maximum atomic E-state index is 16.4. The Bertz CT molecular complexity index is 1490. The van der Waals surface area contributed by atoms with Crippen molar-refractivity contribution in [3.8, 4) is 0 Å². The van der Waals surface area contributed by atoms with E-state index >= 15 is 8.78 Å². The summed E-state index contributed by atoms with van der Waals surface area (Å²) >= 11 is 0. The van der Waals surface area contributed by atoms with Crippen LogP contribution in [0.15, 0.2) is 48.8 Å². The van der Waals surface area contributed by atoms with E-state index in [9.17, 15) is 24.0 Å². The summed E-state index contributed by atoms with van der Waals surface area (Å²) in [5, 5.41) is 10.2. The van der Waals surface area contributed by atoms with Gasteiger partial charge in [0.2, 0.25) is 17.6 Å². The predicted molar refractivity (Wildman–Crippen MR) is 198 cm³/mol. The lowest BCUT2D eigenvalue weighted by Crippen LogP contribution is -2.62. The third kappa shape index (κ3) is 14.0. The largest absolute Gasteiger partial charge is 0.345 e. The first-order chi connectivity index (χ1) is 24.7. The molecular weight excluding hydrogens is 686 g/mol. The van der Waals surface area contributed by atoms with Gasteiger partial charge in [0, 0.05) is 26.5 Å². The van der Waals surface area contributed by atoms with Crippen molar-refractivity contribution in [2.24, 2.45) is 23.7 Å². The monoisotopic (exact) mass is 744 g/mol. The number of aromatic nitrogens is 2. The zero-order valence-corrected chi connectivity index (χ0v) is 32.7. The molecule has 6 amide bonds. The van der Waals surface area contributed by atoms with Crippen molar-refractivity contribution in [2.75, 3.05) is 14.1 Å². The zero-order chi connectivity index (χ0) is 40.0. The van der Waals surface area contributed by atoms with Gasteiger partial charge in [0.15, 0.2) is 0 Å². The number of rotatable bonds is 19. The fourth-order valence-corrected chi connectivity index (χ4v) is 5.57. The number of carbonyl (C=O) groups excluding carboxylic acids is 5. The van der Waals surface area contributed by atoms with Gasteiger partial charge in [-0.15, -0.1) is 0 Å². The van der Waals surface area contributed by atoms with E-state index in [0.29, 0.717) is 11.4 Å². The molecule has 0 aliphatic rings. The first-order valence-electron chi connectivity index (χ1n) is 18.1. The van der Waals surface area contributed by atoms with Gasteiger partial charge in [0.05, 0.1) is 30.5 Å². The number of nitrogens with zero attached hydrogens (tertiary/aromatic N) is 4. The lowest BCUT2D eigenvalue weighted by Gasteiger charge is -2.34. The molecule has 0 saturated heterocycles. The summed E-state index contributed by atoms with van der Waals surface area (Å²) in [6, 6.07) is 3.40. The number of carbonyl (C=O) groups is 5. The van der Waals surface area contributed by atoms with Gasteiger partial charge in [-0.05, 0) is 60.8 Å². The molecule has 0 aliphatic carbocycles. The molecule has 53 heavy (non-hydrogen) atoms. The van der Waals surface area contributed by atoms with E-state index < -0.39 is 71.6 Å². The number of hydrogen-bond acceptors (Lipinski definition) is 7. The standard InChI is InChI=1S/C38H58F2N8O5/c1-23(2)19-29(43-34(50)31(25(5)6)45-36(52)47(9)21-27-15-11-13-17-41-27)33(49)38(39,40)30(20-24(3)4)44-35(51)32(26(7)8)46-37(53)48(10)22-28-16-12-14-18-42-28/h11-18,23-26,29-32H,19-22H2,1-10H3,(H,43,50)(H,44,51)(H,45,52)(H,46,53)/t29-,30-,31-,32-/m0/s1. The minimum Gasteiger partial charge on any atom is -0.345 e. The summed E-state index contributed by atoms with van der Waals surface area (Å²) in [7, 11) is 3.05. The van der Waals surface area contributed by atoms with E-state index in [2.05, 4.69) is 31.2 Å². The van der Waals surface area contributed by atoms with Crippen LogP contribution in [0, 0.1) is 23.7 Å². The number of Topliss-reactive ketones (excluding diaryl/α,β-unsaturated/α-hetero) is 1. The SMILES string of the molecule is CC(C)C[C@H](NC(=O)[C@@H](NC(=O)N(C)Cc1ccccn1)C(C)C)C(=O)C(F)(F)[C@H](CC(C)C)NC(=O)[C@@H](NC(=O)N(C)Cc1ccccn1)C(C)C. The molecular formula is C38H58F2N8O5. The van der Waals surface area contributed by atoms with Crippen LogP contribution in [0.3, 0.4) is 0 Å². The topological polar surface area (TPSA) is 166 Å². The van der Waals surface area contributed by atoms with E-state index in [-0.39, 0.29) is 37.8 Å². The third-order valence-electron chi connectivity index (χ3n) is 8.53. The summed E-state index contributed by atoms with van der Waals surface area (Å²) in [6.07, 6.45) is 2.80. The van der Waals surface area contributed by atoms with Crippen LogP contribution in [0.2, 0.25) is 0 Å². The number of halogens is 2. The minimum atomic E-state index is -4.12. The van der Waals surface area contributed by atoms with Crippen LogP contribution in [0.4, 0.5) is 18.4 Å². The van der Waals surface area contributed by atoms with E-state index in [1.54, 1.807) is 104 Å². The number of nitrogens with one attached hydrogen (secondary N) is 4. The second kappa shape index (κ2) is 20.5. The van der Waals surface area contributed by atoms with Crippen LogP contribution >= 0.6 is 0 Å². The van der Waals surface area contributed by atoms with Crippen LogP contribution in [0.25, 0.3) is 0 Å². The first-order valence-corrected chi connectivity index (χ1v) is 18.1. The Morgan fingerprint density at radius 3 is 1.42 bits per heavy atom. The summed E-state index contributed by atoms with van der Waals surface area (Å²) < 4.78 is 32.9. The van der Waals surface area contributed by atoms with Crippen LogP contribution in [-0.2, 0) is 27.5 Å². The molecule has 0 saturated carbocycles. The normalized spacial score (nSPS) is 14.0. The molecule has 0 aliphatic heterocycles. The predicted octanol–water partition coefficient (Wildman–Crippen LogP) is 4.78. The molecule has 294 valence electrons. The molecule has 0 unspecified atom stereocenters. The lowest BCUT2D eigenvalue weighted by atomic mass is 9.89. The van der Waals surface area contributed by atoms with Crippen molar-refractivity contribution < 1.29 is 32.8 Å². The smallest absolute Gasteiger partial charge is 0.327 e. The fourth-order valence-electron chi connectivity index (χ4n) is 5.57. The number of hydrogen-bond donors (Lipinski definition) is 4. The Labute approximate surface area is 312 Å². The highest BCUT2D eigenvalue weighted by molar-refractivity contribution is 5.97. The van der Waals surface area contributed by atoms with Crippen molar-refractivity contribution in [1.82, 2.24) is 41.0 Å². The van der Waals surface area contributed by atoms with Gasteiger partial charge in [-0.25, -0.2) is 9.59 Å². The first kappa shape index (κ1) is 44.5. The summed E-state index contributed by atoms with van der Waals surface area (Å²) in [5.74, 6) is -8.95. The van der Waals surface area contributed by atoms with Crippen LogP contribution in [0.1, 0.15) is 79.6 Å². The summed E-state index contributed by atoms with van der Waals surface area (Å²) in [5.41, 5.74) is 1.24. The number of pyridine rings is 2. The van der Waals surface area contributed by atoms with E-state index in [1.807, 2.05) is 0 Å². The molecule has 15 heteroatoms. The zero-order valence-electron chi connectivity index (χ0n) is 32.7. The maximum Gasteiger partial charge on any atom is 0.327 e. The molecule has 0 spiro atoms. The molecule has 0 aromatic carbocycles. The highest BCUT2D eigenvalue weighted by Crippen LogP contribution is 2.29. The van der Waals surface area contributed by atoms with Crippen molar-refractivity contribution in [3.05, 3.63) is 60.2 Å². The Morgan fingerprint density at radius 2 is 1.06 bits per heavy atom. The molecule has 2 rings (SSSR count). The molecule has 2 aromatic heterocycles. The number of amides is 6. The number of alkyl halides is 2. The van der Waals surface area contributed by atoms with Gasteiger partial charge in [-0.2, -0.15) is 8.78 Å². The van der Waals surface area contributed by atoms with Gasteiger partial charge < -0.3 is 31.1 Å². The molecule has 2 aromatic rings. The molecule has 0 bridgehead atoms. The van der Waals surface area contributed by atoms with Gasteiger partial charge >= 0.3 is 18.0 Å². The average molecular weight is 745 g/mol. The second-order valence-corrected chi connectivity index (χ2v) is 15.1. The van der Waals surface area contributed by atoms with E-state index in [4.69, 9.17) is 0 Å². The summed E-state index contributed by atoms with van der Waals surface area (Å²) in [4.78, 5) is 78.2. The minimum absolute atomic E-state index is 0.117. The van der Waals surface area contributed by atoms with Gasteiger partial charge in [0.25, 0.3) is 0 Å². The maximum absolute atomic E-state index is 16.4. The van der Waals surface area contributed by atoms with Crippen molar-refractivity contribution in [1.29, 1.82) is 0 Å². The van der Waals surface area contributed by atoms with E-state index in [0.717, 1.165) is 0 Å². The van der Waals surface area contributed by atoms with Gasteiger partial charge in [0.1, 0.15) is 18.1 Å². The molecule has 0 fully saturated rings. The number of ketones is 1. The van der Waals surface area contributed by atoms with Crippen molar-refractivity contribution in [3.63, 3.8) is 0 Å².